The molecule has 0 radical (unpaired) electrons. The van der Waals surface area contributed by atoms with Gasteiger partial charge in [-0.05, 0) is 18.6 Å². The number of carbonyl (C=O) groups excluding carboxylic acids is 1. The fraction of sp³-hybridized carbons (Fsp3) is 0.133. The summed E-state index contributed by atoms with van der Waals surface area (Å²) in [5, 5.41) is 2.49. The predicted molar refractivity (Wildman–Crippen MR) is 76.8 cm³/mol. The quantitative estimate of drug-likeness (QED) is 0.384. The molecule has 8 heteroatoms. The Balaban J connectivity index is 2.13. The highest BCUT2D eigenvalue weighted by atomic mass is 32.2. The maximum Gasteiger partial charge on any atom is 0.234 e. The highest BCUT2D eigenvalue weighted by Gasteiger charge is 2.26. The maximum atomic E-state index is 13.5. The molecule has 2 aromatic rings. The molecular weight excluding hydrogens is 337 g/mol. The number of aryl methyl sites for hydroxylation is 1. The Hall–Kier alpha value is -2.09. The third kappa shape index (κ3) is 3.64. The van der Waals surface area contributed by atoms with E-state index in [1.54, 1.807) is 31.2 Å². The largest absolute Gasteiger partial charge is 0.325 e. The first kappa shape index (κ1) is 17.3. The SMILES string of the molecule is Cc1ccccc1NC(=O)CSc1c(F)c(F)c(F)c(F)c1F. The van der Waals surface area contributed by atoms with E-state index in [4.69, 9.17) is 0 Å². The van der Waals surface area contributed by atoms with Gasteiger partial charge in [-0.1, -0.05) is 18.2 Å². The molecule has 2 nitrogen and oxygen atoms in total. The fourth-order valence-corrected chi connectivity index (χ4v) is 2.53. The monoisotopic (exact) mass is 347 g/mol. The number of hydrogen-bond donors (Lipinski definition) is 1. The minimum Gasteiger partial charge on any atom is -0.325 e. The van der Waals surface area contributed by atoms with Crippen molar-refractivity contribution in [2.24, 2.45) is 0 Å². The molecule has 1 N–H and O–H groups in total. The molecule has 0 saturated heterocycles. The standard InChI is InChI=1S/C15H10F5NOS/c1-7-4-2-3-5-8(7)21-9(22)6-23-15-13(19)11(17)10(16)12(18)14(15)20/h2-5H,6H2,1H3,(H,21,22). The molecule has 0 aromatic heterocycles. The molecule has 122 valence electrons. The van der Waals surface area contributed by atoms with E-state index in [-0.39, 0.29) is 11.8 Å². The highest BCUT2D eigenvalue weighted by molar-refractivity contribution is 8.00. The first-order valence-corrected chi connectivity index (χ1v) is 7.31. The van der Waals surface area contributed by atoms with Crippen molar-refractivity contribution in [3.8, 4) is 0 Å². The van der Waals surface area contributed by atoms with Crippen LogP contribution < -0.4 is 5.32 Å². The van der Waals surface area contributed by atoms with E-state index < -0.39 is 45.6 Å². The Labute approximate surface area is 132 Å². The molecule has 0 aliphatic rings. The van der Waals surface area contributed by atoms with Crippen molar-refractivity contribution in [1.29, 1.82) is 0 Å². The van der Waals surface area contributed by atoms with Crippen LogP contribution in [0.4, 0.5) is 27.6 Å². The normalized spacial score (nSPS) is 10.7. The van der Waals surface area contributed by atoms with E-state index in [9.17, 15) is 26.7 Å². The second-order valence-electron chi connectivity index (χ2n) is 4.55. The van der Waals surface area contributed by atoms with E-state index in [0.717, 1.165) is 5.56 Å². The van der Waals surface area contributed by atoms with Crippen molar-refractivity contribution >= 4 is 23.4 Å². The second-order valence-corrected chi connectivity index (χ2v) is 5.54. The van der Waals surface area contributed by atoms with E-state index in [1.807, 2.05) is 0 Å². The van der Waals surface area contributed by atoms with E-state index in [2.05, 4.69) is 5.32 Å². The van der Waals surface area contributed by atoms with Crippen LogP contribution in [0.1, 0.15) is 5.56 Å². The van der Waals surface area contributed by atoms with Crippen LogP contribution >= 0.6 is 11.8 Å². The number of benzene rings is 2. The Kier molecular flexibility index (Phi) is 5.25. The van der Waals surface area contributed by atoms with Gasteiger partial charge in [0.1, 0.15) is 0 Å². The van der Waals surface area contributed by atoms with Crippen molar-refractivity contribution in [3.63, 3.8) is 0 Å². The van der Waals surface area contributed by atoms with Gasteiger partial charge in [-0.3, -0.25) is 4.79 Å². The zero-order chi connectivity index (χ0) is 17.1. The number of rotatable bonds is 4. The van der Waals surface area contributed by atoms with Gasteiger partial charge in [0.15, 0.2) is 23.3 Å². The molecule has 2 rings (SSSR count). The summed E-state index contributed by atoms with van der Waals surface area (Å²) >= 11 is 0.235. The van der Waals surface area contributed by atoms with Gasteiger partial charge in [-0.2, -0.15) is 0 Å². The van der Waals surface area contributed by atoms with E-state index in [1.165, 1.54) is 0 Å². The molecule has 0 atom stereocenters. The number of halogens is 5. The Morgan fingerprint density at radius 1 is 0.957 bits per heavy atom. The Bertz CT molecular complexity index is 737. The third-order valence-electron chi connectivity index (χ3n) is 2.94. The van der Waals surface area contributed by atoms with Crippen LogP contribution in [-0.4, -0.2) is 11.7 Å². The average molecular weight is 347 g/mol. The van der Waals surface area contributed by atoms with Crippen LogP contribution in [0.25, 0.3) is 0 Å². The van der Waals surface area contributed by atoms with Crippen LogP contribution in [-0.2, 0) is 4.79 Å². The minimum atomic E-state index is -2.23. The van der Waals surface area contributed by atoms with Gasteiger partial charge in [0, 0.05) is 5.69 Å². The molecule has 0 fully saturated rings. The molecule has 0 aliphatic heterocycles. The van der Waals surface area contributed by atoms with Gasteiger partial charge in [-0.25, -0.2) is 22.0 Å². The van der Waals surface area contributed by atoms with Gasteiger partial charge in [0.05, 0.1) is 10.6 Å². The van der Waals surface area contributed by atoms with E-state index >= 15 is 0 Å². The topological polar surface area (TPSA) is 29.1 Å². The van der Waals surface area contributed by atoms with Gasteiger partial charge in [-0.15, -0.1) is 11.8 Å². The van der Waals surface area contributed by atoms with E-state index in [0.29, 0.717) is 5.69 Å². The lowest BCUT2D eigenvalue weighted by Crippen LogP contribution is -2.15. The summed E-state index contributed by atoms with van der Waals surface area (Å²) in [7, 11) is 0. The first-order valence-electron chi connectivity index (χ1n) is 6.32. The average Bonchev–Trinajstić information content (AvgIpc) is 2.53. The van der Waals surface area contributed by atoms with Crippen molar-refractivity contribution in [3.05, 3.63) is 58.9 Å². The summed E-state index contributed by atoms with van der Waals surface area (Å²) < 4.78 is 66.0. The lowest BCUT2D eigenvalue weighted by molar-refractivity contribution is -0.113. The van der Waals surface area contributed by atoms with Crippen molar-refractivity contribution < 1.29 is 26.7 Å². The van der Waals surface area contributed by atoms with Gasteiger partial charge < -0.3 is 5.32 Å². The predicted octanol–water partition coefficient (Wildman–Crippen LogP) is 4.42. The summed E-state index contributed by atoms with van der Waals surface area (Å²) in [6.45, 7) is 1.74. The molecular formula is C15H10F5NOS. The number of para-hydroxylation sites is 1. The van der Waals surface area contributed by atoms with Crippen LogP contribution in [0.5, 0.6) is 0 Å². The number of hydrogen-bond acceptors (Lipinski definition) is 2. The third-order valence-corrected chi connectivity index (χ3v) is 3.99. The lowest BCUT2D eigenvalue weighted by Gasteiger charge is -2.09. The number of carbonyl (C=O) groups is 1. The molecule has 0 heterocycles. The molecule has 0 bridgehead atoms. The van der Waals surface area contributed by atoms with Crippen LogP contribution in [0.2, 0.25) is 0 Å². The molecule has 0 saturated carbocycles. The van der Waals surface area contributed by atoms with Crippen LogP contribution in [0.15, 0.2) is 29.2 Å². The van der Waals surface area contributed by atoms with Crippen molar-refractivity contribution in [2.45, 2.75) is 11.8 Å². The molecule has 2 aromatic carbocycles. The van der Waals surface area contributed by atoms with Crippen LogP contribution in [0, 0.1) is 36.0 Å². The van der Waals surface area contributed by atoms with Gasteiger partial charge in [0.25, 0.3) is 0 Å². The minimum absolute atomic E-state index is 0.235. The lowest BCUT2D eigenvalue weighted by atomic mass is 10.2. The number of amides is 1. The Morgan fingerprint density at radius 3 is 2.04 bits per heavy atom. The summed E-state index contributed by atoms with van der Waals surface area (Å²) in [6.07, 6.45) is 0. The summed E-state index contributed by atoms with van der Waals surface area (Å²) in [5.41, 5.74) is 1.26. The molecule has 0 unspecified atom stereocenters. The smallest absolute Gasteiger partial charge is 0.234 e. The Morgan fingerprint density at radius 2 is 1.48 bits per heavy atom. The highest BCUT2D eigenvalue weighted by Crippen LogP contribution is 2.30. The maximum absolute atomic E-state index is 13.5. The molecule has 1 amide bonds. The zero-order valence-corrected chi connectivity index (χ0v) is 12.5. The molecule has 0 spiro atoms. The summed E-state index contributed by atoms with van der Waals surface area (Å²) in [6, 6.07) is 6.80. The van der Waals surface area contributed by atoms with Crippen molar-refractivity contribution in [1.82, 2.24) is 0 Å². The molecule has 0 aliphatic carbocycles. The summed E-state index contributed by atoms with van der Waals surface area (Å²) in [4.78, 5) is 10.7. The van der Waals surface area contributed by atoms with Crippen LogP contribution in [0.3, 0.4) is 0 Å². The molecule has 23 heavy (non-hydrogen) atoms. The second kappa shape index (κ2) is 6.99. The number of thioether (sulfide) groups is 1. The number of nitrogens with one attached hydrogen (secondary N) is 1. The van der Waals surface area contributed by atoms with Crippen molar-refractivity contribution in [2.75, 3.05) is 11.1 Å². The fourth-order valence-electron chi connectivity index (χ4n) is 1.75. The summed E-state index contributed by atoms with van der Waals surface area (Å²) in [5.74, 6) is -11.3. The zero-order valence-electron chi connectivity index (χ0n) is 11.7. The first-order chi connectivity index (χ1) is 10.8. The number of anilines is 1. The van der Waals surface area contributed by atoms with Gasteiger partial charge in [0.2, 0.25) is 11.7 Å². The van der Waals surface area contributed by atoms with Gasteiger partial charge >= 0.3 is 0 Å².